The molecule has 0 unspecified atom stereocenters. The van der Waals surface area contributed by atoms with Crippen molar-refractivity contribution >= 4 is 16.4 Å². The van der Waals surface area contributed by atoms with Crippen molar-refractivity contribution in [2.45, 2.75) is 19.3 Å². The summed E-state index contributed by atoms with van der Waals surface area (Å²) in [5, 5.41) is 2.51. The molecule has 0 amide bonds. The molecular formula is C15H14N2. The van der Waals surface area contributed by atoms with E-state index in [0.29, 0.717) is 0 Å². The molecule has 2 nitrogen and oxygen atoms in total. The fourth-order valence-corrected chi connectivity index (χ4v) is 2.48. The average Bonchev–Trinajstić information content (AvgIpc) is 3.06. The second-order valence-electron chi connectivity index (χ2n) is 5.01. The van der Waals surface area contributed by atoms with Gasteiger partial charge in [0.15, 0.2) is 0 Å². The Labute approximate surface area is 99.9 Å². The molecule has 1 aliphatic carbocycles. The number of fused-ring (bicyclic) bond motifs is 3. The smallest absolute Gasteiger partial charge is 0.144 e. The molecule has 2 aromatic heterocycles. The lowest BCUT2D eigenvalue weighted by Crippen LogP contribution is -1.85. The van der Waals surface area contributed by atoms with Crippen molar-refractivity contribution < 1.29 is 0 Å². The Morgan fingerprint density at radius 1 is 1.18 bits per heavy atom. The zero-order valence-corrected chi connectivity index (χ0v) is 9.63. The molecule has 0 bridgehead atoms. The third kappa shape index (κ3) is 1.52. The molecule has 0 aliphatic heterocycles. The number of hydrogen-bond donors (Lipinski definition) is 0. The van der Waals surface area contributed by atoms with Crippen molar-refractivity contribution in [3.63, 3.8) is 0 Å². The predicted octanol–water partition coefficient (Wildman–Crippen LogP) is 3.44. The van der Waals surface area contributed by atoms with Crippen LogP contribution in [0.15, 0.2) is 42.7 Å². The zero-order valence-electron chi connectivity index (χ0n) is 9.63. The van der Waals surface area contributed by atoms with Crippen molar-refractivity contribution in [1.29, 1.82) is 0 Å². The highest BCUT2D eigenvalue weighted by molar-refractivity contribution is 5.93. The molecule has 0 radical (unpaired) electrons. The standard InChI is InChI=1S/C15H14N2/c1-2-4-14-12(3-1)7-8-17-10-13(16-15(14)17)9-11-5-6-11/h1-4,7-8,10-11H,5-6,9H2. The van der Waals surface area contributed by atoms with E-state index in [9.17, 15) is 0 Å². The second-order valence-corrected chi connectivity index (χ2v) is 5.01. The molecule has 0 N–H and O–H groups in total. The second kappa shape index (κ2) is 3.33. The lowest BCUT2D eigenvalue weighted by atomic mass is 10.2. The van der Waals surface area contributed by atoms with E-state index in [0.717, 1.165) is 18.0 Å². The normalized spacial score (nSPS) is 15.8. The first-order chi connectivity index (χ1) is 8.40. The maximum Gasteiger partial charge on any atom is 0.144 e. The molecule has 3 aromatic rings. The van der Waals surface area contributed by atoms with Crippen molar-refractivity contribution in [3.05, 3.63) is 48.4 Å². The summed E-state index contributed by atoms with van der Waals surface area (Å²) in [6.45, 7) is 0. The first-order valence-corrected chi connectivity index (χ1v) is 6.25. The van der Waals surface area contributed by atoms with Crippen LogP contribution in [0, 0.1) is 5.92 Å². The van der Waals surface area contributed by atoms with E-state index in [-0.39, 0.29) is 0 Å². The van der Waals surface area contributed by atoms with E-state index >= 15 is 0 Å². The zero-order chi connectivity index (χ0) is 11.2. The van der Waals surface area contributed by atoms with E-state index in [1.807, 2.05) is 0 Å². The van der Waals surface area contributed by atoms with Gasteiger partial charge in [-0.25, -0.2) is 4.98 Å². The summed E-state index contributed by atoms with van der Waals surface area (Å²) in [6, 6.07) is 10.6. The van der Waals surface area contributed by atoms with Crippen LogP contribution in [0.3, 0.4) is 0 Å². The van der Waals surface area contributed by atoms with Crippen molar-refractivity contribution in [3.8, 4) is 0 Å². The summed E-state index contributed by atoms with van der Waals surface area (Å²) in [5.74, 6) is 0.895. The van der Waals surface area contributed by atoms with Gasteiger partial charge in [-0.2, -0.15) is 0 Å². The molecule has 1 aliphatic rings. The van der Waals surface area contributed by atoms with Gasteiger partial charge in [0, 0.05) is 17.8 Å². The fourth-order valence-electron chi connectivity index (χ4n) is 2.48. The van der Waals surface area contributed by atoms with Crippen LogP contribution in [0.25, 0.3) is 16.4 Å². The van der Waals surface area contributed by atoms with Crippen molar-refractivity contribution in [2.75, 3.05) is 0 Å². The molecule has 17 heavy (non-hydrogen) atoms. The van der Waals surface area contributed by atoms with E-state index in [4.69, 9.17) is 4.98 Å². The van der Waals surface area contributed by atoms with Crippen LogP contribution in [0.2, 0.25) is 0 Å². The van der Waals surface area contributed by atoms with Gasteiger partial charge in [0.1, 0.15) is 5.65 Å². The SMILES string of the molecule is c1ccc2c(c1)ccn1cc(CC3CC3)nc21. The Morgan fingerprint density at radius 2 is 2.06 bits per heavy atom. The monoisotopic (exact) mass is 222 g/mol. The predicted molar refractivity (Wildman–Crippen MR) is 69.1 cm³/mol. The van der Waals surface area contributed by atoms with Crippen molar-refractivity contribution in [1.82, 2.24) is 9.38 Å². The number of nitrogens with zero attached hydrogens (tertiary/aromatic N) is 2. The molecule has 0 spiro atoms. The molecule has 2 heteroatoms. The number of rotatable bonds is 2. The lowest BCUT2D eigenvalue weighted by Gasteiger charge is -1.98. The maximum atomic E-state index is 4.78. The third-order valence-electron chi connectivity index (χ3n) is 3.59. The van der Waals surface area contributed by atoms with Gasteiger partial charge >= 0.3 is 0 Å². The highest BCUT2D eigenvalue weighted by Gasteiger charge is 2.22. The molecule has 1 aromatic carbocycles. The molecule has 1 fully saturated rings. The molecule has 2 heterocycles. The number of aromatic nitrogens is 2. The van der Waals surface area contributed by atoms with Crippen molar-refractivity contribution in [2.24, 2.45) is 5.92 Å². The van der Waals surface area contributed by atoms with Crippen LogP contribution in [-0.2, 0) is 6.42 Å². The summed E-state index contributed by atoms with van der Waals surface area (Å²) in [4.78, 5) is 4.78. The Kier molecular flexibility index (Phi) is 1.81. The van der Waals surface area contributed by atoms with Gasteiger partial charge in [-0.3, -0.25) is 0 Å². The fraction of sp³-hybridized carbons (Fsp3) is 0.267. The number of imidazole rings is 1. The summed E-state index contributed by atoms with van der Waals surface area (Å²) < 4.78 is 2.15. The quantitative estimate of drug-likeness (QED) is 0.649. The van der Waals surface area contributed by atoms with Crippen LogP contribution in [0.4, 0.5) is 0 Å². The van der Waals surface area contributed by atoms with E-state index in [2.05, 4.69) is 47.1 Å². The third-order valence-corrected chi connectivity index (χ3v) is 3.59. The van der Waals surface area contributed by atoms with Gasteiger partial charge in [-0.1, -0.05) is 24.3 Å². The number of benzene rings is 1. The van der Waals surface area contributed by atoms with E-state index in [1.54, 1.807) is 0 Å². The minimum atomic E-state index is 0.895. The molecule has 4 rings (SSSR count). The van der Waals surface area contributed by atoms with E-state index in [1.165, 1.54) is 29.3 Å². The molecule has 1 saturated carbocycles. The van der Waals surface area contributed by atoms with Crippen LogP contribution < -0.4 is 0 Å². The summed E-state index contributed by atoms with van der Waals surface area (Å²) in [6.07, 6.45) is 8.21. The van der Waals surface area contributed by atoms with Gasteiger partial charge < -0.3 is 4.40 Å². The highest BCUT2D eigenvalue weighted by Crippen LogP contribution is 2.32. The largest absolute Gasteiger partial charge is 0.306 e. The highest BCUT2D eigenvalue weighted by atomic mass is 15.0. The van der Waals surface area contributed by atoms with Crippen LogP contribution in [-0.4, -0.2) is 9.38 Å². The maximum absolute atomic E-state index is 4.78. The van der Waals surface area contributed by atoms with Gasteiger partial charge in [0.2, 0.25) is 0 Å². The topological polar surface area (TPSA) is 17.3 Å². The summed E-state index contributed by atoms with van der Waals surface area (Å²) in [7, 11) is 0. The first kappa shape index (κ1) is 9.23. The number of pyridine rings is 1. The molecule has 0 atom stereocenters. The Bertz CT molecular complexity index is 692. The average molecular weight is 222 g/mol. The molecule has 84 valence electrons. The first-order valence-electron chi connectivity index (χ1n) is 6.25. The molecule has 0 saturated heterocycles. The Balaban J connectivity index is 1.94. The minimum Gasteiger partial charge on any atom is -0.306 e. The minimum absolute atomic E-state index is 0.895. The Morgan fingerprint density at radius 3 is 2.94 bits per heavy atom. The van der Waals surface area contributed by atoms with Crippen LogP contribution >= 0.6 is 0 Å². The van der Waals surface area contributed by atoms with Crippen LogP contribution in [0.5, 0.6) is 0 Å². The molecular weight excluding hydrogens is 208 g/mol. The van der Waals surface area contributed by atoms with E-state index < -0.39 is 0 Å². The lowest BCUT2D eigenvalue weighted by molar-refractivity contribution is 0.812. The van der Waals surface area contributed by atoms with Gasteiger partial charge in [0.25, 0.3) is 0 Å². The Hall–Kier alpha value is -1.83. The summed E-state index contributed by atoms with van der Waals surface area (Å²) >= 11 is 0. The van der Waals surface area contributed by atoms with Gasteiger partial charge in [-0.15, -0.1) is 0 Å². The summed E-state index contributed by atoms with van der Waals surface area (Å²) in [5.41, 5.74) is 2.34. The van der Waals surface area contributed by atoms with Gasteiger partial charge in [-0.05, 0) is 36.6 Å². The number of hydrogen-bond acceptors (Lipinski definition) is 1. The van der Waals surface area contributed by atoms with Crippen LogP contribution in [0.1, 0.15) is 18.5 Å². The van der Waals surface area contributed by atoms with Gasteiger partial charge in [0.05, 0.1) is 5.69 Å².